The molecule has 1 rings (SSSR count). The molecule has 0 bridgehead atoms. The summed E-state index contributed by atoms with van der Waals surface area (Å²) in [5, 5.41) is 4.65. The molecule has 0 aliphatic carbocycles. The topological polar surface area (TPSA) is 24.9 Å². The lowest BCUT2D eigenvalue weighted by molar-refractivity contribution is 0.300. The molecular weight excluding hydrogens is 216 g/mol. The lowest BCUT2D eigenvalue weighted by atomic mass is 9.87. The molecule has 0 amide bonds. The van der Waals surface area contributed by atoms with Gasteiger partial charge < -0.3 is 5.32 Å². The lowest BCUT2D eigenvalue weighted by Crippen LogP contribution is -2.35. The Hall–Kier alpha value is -0.410. The molecule has 16 heavy (non-hydrogen) atoms. The number of hydrogen-bond acceptors (Lipinski definition) is 3. The van der Waals surface area contributed by atoms with Gasteiger partial charge in [0.2, 0.25) is 0 Å². The Kier molecular flexibility index (Phi) is 4.93. The molecule has 0 saturated carbocycles. The van der Waals surface area contributed by atoms with Gasteiger partial charge in [-0.05, 0) is 39.7 Å². The van der Waals surface area contributed by atoms with Gasteiger partial charge in [-0.1, -0.05) is 13.8 Å². The summed E-state index contributed by atoms with van der Waals surface area (Å²) in [6.45, 7) is 11.1. The van der Waals surface area contributed by atoms with Crippen LogP contribution in [-0.2, 0) is 6.42 Å². The molecule has 0 aromatic carbocycles. The van der Waals surface area contributed by atoms with E-state index in [1.807, 2.05) is 18.4 Å². The Labute approximate surface area is 103 Å². The van der Waals surface area contributed by atoms with Crippen molar-refractivity contribution in [3.05, 3.63) is 15.6 Å². The molecule has 2 unspecified atom stereocenters. The summed E-state index contributed by atoms with van der Waals surface area (Å²) in [4.78, 5) is 6.00. The fraction of sp³-hybridized carbons (Fsp3) is 0.769. The van der Waals surface area contributed by atoms with Crippen LogP contribution in [0.15, 0.2) is 0 Å². The monoisotopic (exact) mass is 240 g/mol. The van der Waals surface area contributed by atoms with Crippen LogP contribution in [0.4, 0.5) is 0 Å². The van der Waals surface area contributed by atoms with Gasteiger partial charge in [0.05, 0.1) is 10.7 Å². The molecule has 0 fully saturated rings. The molecule has 1 aromatic rings. The largest absolute Gasteiger partial charge is 0.317 e. The third-order valence-electron chi connectivity index (χ3n) is 3.44. The first-order valence-corrected chi connectivity index (χ1v) is 6.87. The molecule has 1 aromatic heterocycles. The first kappa shape index (κ1) is 13.7. The maximum atomic E-state index is 4.64. The number of aryl methyl sites for hydroxylation is 2. The standard InChI is InChI=1S/C13H24N2S/c1-8(2)12(10(4)14-6)7-13-15-9(3)11(5)16-13/h8,10,12,14H,7H2,1-6H3. The zero-order valence-electron chi connectivity index (χ0n) is 11.3. The van der Waals surface area contributed by atoms with Gasteiger partial charge in [0.15, 0.2) is 0 Å². The molecule has 0 spiro atoms. The molecule has 1 N–H and O–H groups in total. The Morgan fingerprint density at radius 2 is 1.88 bits per heavy atom. The van der Waals surface area contributed by atoms with Crippen molar-refractivity contribution in [2.24, 2.45) is 11.8 Å². The third kappa shape index (κ3) is 3.29. The van der Waals surface area contributed by atoms with Crippen LogP contribution >= 0.6 is 11.3 Å². The number of aromatic nitrogens is 1. The van der Waals surface area contributed by atoms with Crippen molar-refractivity contribution in [3.8, 4) is 0 Å². The Balaban J connectivity index is 2.75. The second kappa shape index (κ2) is 5.78. The summed E-state index contributed by atoms with van der Waals surface area (Å²) in [6, 6.07) is 0.546. The molecular formula is C13H24N2S. The number of nitrogens with zero attached hydrogens (tertiary/aromatic N) is 1. The van der Waals surface area contributed by atoms with Crippen LogP contribution in [0.1, 0.15) is 36.3 Å². The highest BCUT2D eigenvalue weighted by atomic mass is 32.1. The van der Waals surface area contributed by atoms with E-state index in [4.69, 9.17) is 0 Å². The van der Waals surface area contributed by atoms with Crippen LogP contribution in [0.25, 0.3) is 0 Å². The van der Waals surface area contributed by atoms with E-state index in [-0.39, 0.29) is 0 Å². The minimum absolute atomic E-state index is 0.546. The molecule has 3 heteroatoms. The SMILES string of the molecule is CNC(C)C(Cc1nc(C)c(C)s1)C(C)C. The Morgan fingerprint density at radius 3 is 2.25 bits per heavy atom. The van der Waals surface area contributed by atoms with Crippen LogP contribution in [-0.4, -0.2) is 18.1 Å². The van der Waals surface area contributed by atoms with Gasteiger partial charge in [-0.15, -0.1) is 11.3 Å². The van der Waals surface area contributed by atoms with E-state index in [0.29, 0.717) is 17.9 Å². The van der Waals surface area contributed by atoms with Crippen LogP contribution in [0.5, 0.6) is 0 Å². The van der Waals surface area contributed by atoms with Crippen molar-refractivity contribution in [2.45, 2.75) is 47.1 Å². The molecule has 1 heterocycles. The molecule has 0 aliphatic rings. The Bertz CT molecular complexity index is 311. The molecule has 0 aliphatic heterocycles. The maximum absolute atomic E-state index is 4.64. The zero-order valence-corrected chi connectivity index (χ0v) is 12.1. The maximum Gasteiger partial charge on any atom is 0.0934 e. The quantitative estimate of drug-likeness (QED) is 0.855. The smallest absolute Gasteiger partial charge is 0.0934 e. The van der Waals surface area contributed by atoms with Crippen molar-refractivity contribution >= 4 is 11.3 Å². The van der Waals surface area contributed by atoms with E-state index >= 15 is 0 Å². The molecule has 2 atom stereocenters. The summed E-state index contributed by atoms with van der Waals surface area (Å²) >= 11 is 1.85. The van der Waals surface area contributed by atoms with Gasteiger partial charge in [-0.2, -0.15) is 0 Å². The van der Waals surface area contributed by atoms with Gasteiger partial charge in [-0.25, -0.2) is 4.98 Å². The summed E-state index contributed by atoms with van der Waals surface area (Å²) in [5.74, 6) is 1.35. The van der Waals surface area contributed by atoms with Gasteiger partial charge >= 0.3 is 0 Å². The predicted molar refractivity (Wildman–Crippen MR) is 72.1 cm³/mol. The predicted octanol–water partition coefficient (Wildman–Crippen LogP) is 3.18. The Morgan fingerprint density at radius 1 is 1.25 bits per heavy atom. The van der Waals surface area contributed by atoms with Crippen LogP contribution in [0.3, 0.4) is 0 Å². The summed E-state index contributed by atoms with van der Waals surface area (Å²) in [6.07, 6.45) is 1.10. The fourth-order valence-corrected chi connectivity index (χ4v) is 3.04. The van der Waals surface area contributed by atoms with Crippen molar-refractivity contribution < 1.29 is 0 Å². The second-order valence-electron chi connectivity index (χ2n) is 4.94. The van der Waals surface area contributed by atoms with Crippen molar-refractivity contribution in [1.82, 2.24) is 10.3 Å². The van der Waals surface area contributed by atoms with E-state index in [1.54, 1.807) is 0 Å². The average Bonchev–Trinajstić information content (AvgIpc) is 2.53. The van der Waals surface area contributed by atoms with E-state index in [1.165, 1.54) is 15.6 Å². The lowest BCUT2D eigenvalue weighted by Gasteiger charge is -2.26. The molecule has 92 valence electrons. The normalized spacial score (nSPS) is 15.4. The minimum atomic E-state index is 0.546. The fourth-order valence-electron chi connectivity index (χ4n) is 2.03. The van der Waals surface area contributed by atoms with Crippen molar-refractivity contribution in [3.63, 3.8) is 0 Å². The van der Waals surface area contributed by atoms with E-state index in [2.05, 4.69) is 44.9 Å². The molecule has 0 radical (unpaired) electrons. The van der Waals surface area contributed by atoms with E-state index < -0.39 is 0 Å². The van der Waals surface area contributed by atoms with Gasteiger partial charge in [0.25, 0.3) is 0 Å². The number of rotatable bonds is 5. The highest BCUT2D eigenvalue weighted by Gasteiger charge is 2.21. The summed E-state index contributed by atoms with van der Waals surface area (Å²) in [5.41, 5.74) is 1.19. The highest BCUT2D eigenvalue weighted by molar-refractivity contribution is 7.11. The van der Waals surface area contributed by atoms with Crippen LogP contribution < -0.4 is 5.32 Å². The van der Waals surface area contributed by atoms with Crippen molar-refractivity contribution in [1.29, 1.82) is 0 Å². The number of thiazole rings is 1. The van der Waals surface area contributed by atoms with Crippen LogP contribution in [0.2, 0.25) is 0 Å². The van der Waals surface area contributed by atoms with Gasteiger partial charge in [0.1, 0.15) is 0 Å². The van der Waals surface area contributed by atoms with Crippen LogP contribution in [0, 0.1) is 25.7 Å². The van der Waals surface area contributed by atoms with Crippen molar-refractivity contribution in [2.75, 3.05) is 7.05 Å². The summed E-state index contributed by atoms with van der Waals surface area (Å²) in [7, 11) is 2.04. The molecule has 0 saturated heterocycles. The first-order chi connectivity index (χ1) is 7.45. The third-order valence-corrected chi connectivity index (χ3v) is 4.53. The van der Waals surface area contributed by atoms with E-state index in [0.717, 1.165) is 6.42 Å². The minimum Gasteiger partial charge on any atom is -0.317 e. The number of nitrogens with one attached hydrogen (secondary N) is 1. The zero-order chi connectivity index (χ0) is 12.3. The van der Waals surface area contributed by atoms with Gasteiger partial charge in [-0.3, -0.25) is 0 Å². The second-order valence-corrected chi connectivity index (χ2v) is 6.23. The number of hydrogen-bond donors (Lipinski definition) is 1. The highest BCUT2D eigenvalue weighted by Crippen LogP contribution is 2.25. The van der Waals surface area contributed by atoms with Gasteiger partial charge in [0, 0.05) is 17.3 Å². The average molecular weight is 240 g/mol. The molecule has 2 nitrogen and oxygen atoms in total. The first-order valence-electron chi connectivity index (χ1n) is 6.05. The summed E-state index contributed by atoms with van der Waals surface area (Å²) < 4.78 is 0. The van der Waals surface area contributed by atoms with E-state index in [9.17, 15) is 0 Å².